The van der Waals surface area contributed by atoms with Crippen molar-refractivity contribution in [2.75, 3.05) is 6.54 Å². The number of nitrogens with zero attached hydrogens (tertiary/aromatic N) is 1. The molecule has 1 amide bonds. The maximum absolute atomic E-state index is 11.7. The van der Waals surface area contributed by atoms with Crippen molar-refractivity contribution in [3.63, 3.8) is 0 Å². The highest BCUT2D eigenvalue weighted by molar-refractivity contribution is 9.10. The average molecular weight is 285 g/mol. The number of pyridine rings is 1. The third kappa shape index (κ3) is 3.93. The summed E-state index contributed by atoms with van der Waals surface area (Å²) in [5.41, 5.74) is 0.596. The van der Waals surface area contributed by atoms with Gasteiger partial charge in [0.2, 0.25) is 0 Å². The number of hydrogen-bond acceptors (Lipinski definition) is 2. The Hall–Kier alpha value is -0.900. The third-order valence-electron chi connectivity index (χ3n) is 2.71. The number of amides is 1. The van der Waals surface area contributed by atoms with Crippen molar-refractivity contribution >= 4 is 21.8 Å². The van der Waals surface area contributed by atoms with Crippen molar-refractivity contribution in [1.82, 2.24) is 10.3 Å². The van der Waals surface area contributed by atoms with Crippen LogP contribution < -0.4 is 5.32 Å². The summed E-state index contributed by atoms with van der Waals surface area (Å²) in [6.07, 6.45) is 1.57. The first-order valence-electron chi connectivity index (χ1n) is 5.40. The Morgan fingerprint density at radius 3 is 2.62 bits per heavy atom. The molecule has 0 saturated heterocycles. The Labute approximate surface area is 105 Å². The van der Waals surface area contributed by atoms with Gasteiger partial charge in [0.05, 0.1) is 5.56 Å². The minimum absolute atomic E-state index is 0.0625. The lowest BCUT2D eigenvalue weighted by Gasteiger charge is -2.15. The van der Waals surface area contributed by atoms with Crippen LogP contribution in [0.1, 0.15) is 31.1 Å². The molecule has 1 heterocycles. The quantitative estimate of drug-likeness (QED) is 0.864. The normalized spacial score (nSPS) is 12.6. The van der Waals surface area contributed by atoms with Gasteiger partial charge in [0.1, 0.15) is 4.60 Å². The van der Waals surface area contributed by atoms with E-state index in [-0.39, 0.29) is 5.91 Å². The van der Waals surface area contributed by atoms with Gasteiger partial charge in [-0.2, -0.15) is 0 Å². The van der Waals surface area contributed by atoms with E-state index in [1.807, 2.05) is 0 Å². The fourth-order valence-electron chi connectivity index (χ4n) is 1.10. The number of halogens is 1. The van der Waals surface area contributed by atoms with Crippen LogP contribution in [0.3, 0.4) is 0 Å². The molecule has 0 aliphatic heterocycles. The van der Waals surface area contributed by atoms with Gasteiger partial charge >= 0.3 is 0 Å². The highest BCUT2D eigenvalue weighted by atomic mass is 79.9. The van der Waals surface area contributed by atoms with Crippen LogP contribution in [0.15, 0.2) is 22.9 Å². The average Bonchev–Trinajstić information content (AvgIpc) is 2.26. The van der Waals surface area contributed by atoms with Crippen molar-refractivity contribution < 1.29 is 4.79 Å². The fourth-order valence-corrected chi connectivity index (χ4v) is 1.34. The molecule has 0 spiro atoms. The maximum atomic E-state index is 11.7. The van der Waals surface area contributed by atoms with E-state index in [4.69, 9.17) is 0 Å². The van der Waals surface area contributed by atoms with Crippen molar-refractivity contribution in [3.05, 3.63) is 28.5 Å². The predicted octanol–water partition coefficient (Wildman–Crippen LogP) is 2.87. The van der Waals surface area contributed by atoms with E-state index < -0.39 is 0 Å². The monoisotopic (exact) mass is 284 g/mol. The number of hydrogen-bond donors (Lipinski definition) is 1. The van der Waals surface area contributed by atoms with Gasteiger partial charge in [-0.3, -0.25) is 4.79 Å². The SMILES string of the molecule is CC(C)C(C)CNC(=O)c1ccc(Br)nc1. The first kappa shape index (κ1) is 13.2. The minimum Gasteiger partial charge on any atom is -0.352 e. The molecule has 16 heavy (non-hydrogen) atoms. The molecule has 0 aliphatic carbocycles. The molecule has 1 aromatic heterocycles. The molecule has 1 unspecified atom stereocenters. The molecule has 0 saturated carbocycles. The maximum Gasteiger partial charge on any atom is 0.252 e. The van der Waals surface area contributed by atoms with Crippen molar-refractivity contribution in [1.29, 1.82) is 0 Å². The van der Waals surface area contributed by atoms with Gasteiger partial charge in [-0.15, -0.1) is 0 Å². The Kier molecular flexibility index (Phi) is 4.93. The summed E-state index contributed by atoms with van der Waals surface area (Å²) in [6.45, 7) is 7.13. The van der Waals surface area contributed by atoms with Gasteiger partial charge in [-0.05, 0) is 39.9 Å². The first-order valence-corrected chi connectivity index (χ1v) is 6.19. The number of aromatic nitrogens is 1. The van der Waals surface area contributed by atoms with E-state index in [1.54, 1.807) is 18.3 Å². The van der Waals surface area contributed by atoms with Gasteiger partial charge < -0.3 is 5.32 Å². The van der Waals surface area contributed by atoms with Crippen LogP contribution >= 0.6 is 15.9 Å². The molecule has 4 heteroatoms. The van der Waals surface area contributed by atoms with Gasteiger partial charge in [0.25, 0.3) is 5.91 Å². The number of carbonyl (C=O) groups is 1. The Bertz CT molecular complexity index is 349. The summed E-state index contributed by atoms with van der Waals surface area (Å²) in [5.74, 6) is 0.989. The standard InChI is InChI=1S/C12H17BrN2O/c1-8(2)9(3)6-15-12(16)10-4-5-11(13)14-7-10/h4-5,7-9H,6H2,1-3H3,(H,15,16). The summed E-state index contributed by atoms with van der Waals surface area (Å²) in [6, 6.07) is 3.52. The van der Waals surface area contributed by atoms with Crippen LogP contribution in [-0.4, -0.2) is 17.4 Å². The van der Waals surface area contributed by atoms with E-state index in [1.165, 1.54) is 0 Å². The molecule has 0 radical (unpaired) electrons. The van der Waals surface area contributed by atoms with Gasteiger partial charge in [-0.1, -0.05) is 20.8 Å². The van der Waals surface area contributed by atoms with Crippen LogP contribution in [0.5, 0.6) is 0 Å². The molecular formula is C12H17BrN2O. The van der Waals surface area contributed by atoms with Gasteiger partial charge in [0, 0.05) is 12.7 Å². The minimum atomic E-state index is -0.0625. The van der Waals surface area contributed by atoms with E-state index in [0.717, 1.165) is 4.60 Å². The summed E-state index contributed by atoms with van der Waals surface area (Å²) in [4.78, 5) is 15.7. The van der Waals surface area contributed by atoms with Crippen molar-refractivity contribution in [2.45, 2.75) is 20.8 Å². The summed E-state index contributed by atoms with van der Waals surface area (Å²) in [7, 11) is 0. The molecule has 1 rings (SSSR count). The number of carbonyl (C=O) groups excluding carboxylic acids is 1. The van der Waals surface area contributed by atoms with Gasteiger partial charge in [0.15, 0.2) is 0 Å². The smallest absolute Gasteiger partial charge is 0.252 e. The molecule has 0 aliphatic rings. The molecular weight excluding hydrogens is 268 g/mol. The zero-order valence-electron chi connectivity index (χ0n) is 9.83. The lowest BCUT2D eigenvalue weighted by atomic mass is 9.98. The number of rotatable bonds is 4. The van der Waals surface area contributed by atoms with Crippen LogP contribution in [0, 0.1) is 11.8 Å². The van der Waals surface area contributed by atoms with Crippen LogP contribution in [0.4, 0.5) is 0 Å². The number of nitrogens with one attached hydrogen (secondary N) is 1. The zero-order valence-corrected chi connectivity index (χ0v) is 11.4. The highest BCUT2D eigenvalue weighted by Gasteiger charge is 2.10. The van der Waals surface area contributed by atoms with E-state index in [9.17, 15) is 4.79 Å². The van der Waals surface area contributed by atoms with E-state index >= 15 is 0 Å². The fraction of sp³-hybridized carbons (Fsp3) is 0.500. The molecule has 0 fully saturated rings. The third-order valence-corrected chi connectivity index (χ3v) is 3.18. The second kappa shape index (κ2) is 5.99. The molecule has 0 aromatic carbocycles. The Morgan fingerprint density at radius 1 is 1.44 bits per heavy atom. The summed E-state index contributed by atoms with van der Waals surface area (Å²) >= 11 is 3.23. The van der Waals surface area contributed by atoms with Crippen LogP contribution in [0.25, 0.3) is 0 Å². The molecule has 1 N–H and O–H groups in total. The van der Waals surface area contributed by atoms with Crippen molar-refractivity contribution in [2.24, 2.45) is 11.8 Å². The van der Waals surface area contributed by atoms with E-state index in [2.05, 4.69) is 47.0 Å². The largest absolute Gasteiger partial charge is 0.352 e. The summed E-state index contributed by atoms with van der Waals surface area (Å²) < 4.78 is 0.736. The molecule has 88 valence electrons. The second-order valence-electron chi connectivity index (χ2n) is 4.30. The lowest BCUT2D eigenvalue weighted by molar-refractivity contribution is 0.0944. The lowest BCUT2D eigenvalue weighted by Crippen LogP contribution is -2.30. The zero-order chi connectivity index (χ0) is 12.1. The molecule has 0 bridgehead atoms. The molecule has 1 atom stereocenters. The highest BCUT2D eigenvalue weighted by Crippen LogP contribution is 2.09. The molecule has 3 nitrogen and oxygen atoms in total. The van der Waals surface area contributed by atoms with Crippen molar-refractivity contribution in [3.8, 4) is 0 Å². The Balaban J connectivity index is 2.50. The first-order chi connectivity index (χ1) is 7.50. The van der Waals surface area contributed by atoms with Crippen LogP contribution in [0.2, 0.25) is 0 Å². The molecule has 1 aromatic rings. The van der Waals surface area contributed by atoms with Crippen LogP contribution in [-0.2, 0) is 0 Å². The topological polar surface area (TPSA) is 42.0 Å². The summed E-state index contributed by atoms with van der Waals surface area (Å²) in [5, 5.41) is 2.91. The van der Waals surface area contributed by atoms with Gasteiger partial charge in [-0.25, -0.2) is 4.98 Å². The second-order valence-corrected chi connectivity index (χ2v) is 5.11. The van der Waals surface area contributed by atoms with E-state index in [0.29, 0.717) is 23.9 Å². The Morgan fingerprint density at radius 2 is 2.12 bits per heavy atom. The predicted molar refractivity (Wildman–Crippen MR) is 68.3 cm³/mol.